The number of anilines is 2. The first-order valence-corrected chi connectivity index (χ1v) is 6.30. The van der Waals surface area contributed by atoms with E-state index in [2.05, 4.69) is 15.7 Å². The Labute approximate surface area is 121 Å². The van der Waals surface area contributed by atoms with Gasteiger partial charge >= 0.3 is 0 Å². The highest BCUT2D eigenvalue weighted by Gasteiger charge is 2.12. The lowest BCUT2D eigenvalue weighted by Gasteiger charge is -2.10. The predicted molar refractivity (Wildman–Crippen MR) is 77.6 cm³/mol. The number of nitrogens with two attached hydrogens (primary N) is 1. The van der Waals surface area contributed by atoms with Crippen LogP contribution in [-0.2, 0) is 0 Å². The van der Waals surface area contributed by atoms with Gasteiger partial charge in [0.15, 0.2) is 11.6 Å². The van der Waals surface area contributed by atoms with E-state index >= 15 is 0 Å². The maximum Gasteiger partial charge on any atom is 0.257 e. The van der Waals surface area contributed by atoms with Crippen LogP contribution in [0.5, 0.6) is 5.75 Å². The van der Waals surface area contributed by atoms with Crippen molar-refractivity contribution in [1.82, 2.24) is 4.98 Å². The second-order valence-corrected chi connectivity index (χ2v) is 4.10. The molecule has 0 aliphatic rings. The van der Waals surface area contributed by atoms with E-state index in [0.29, 0.717) is 23.5 Å². The quantitative estimate of drug-likeness (QED) is 0.580. The van der Waals surface area contributed by atoms with Crippen molar-refractivity contribution >= 4 is 17.3 Å². The minimum absolute atomic E-state index is 0.142. The second-order valence-electron chi connectivity index (χ2n) is 4.10. The lowest BCUT2D eigenvalue weighted by atomic mass is 10.2. The number of hydrogen-bond acceptors (Lipinski definition) is 5. The number of hydrogen-bond donors (Lipinski definition) is 3. The molecule has 110 valence electrons. The Morgan fingerprint density at radius 2 is 2.24 bits per heavy atom. The van der Waals surface area contributed by atoms with Gasteiger partial charge in [-0.25, -0.2) is 4.39 Å². The summed E-state index contributed by atoms with van der Waals surface area (Å²) in [6, 6.07) is 5.72. The van der Waals surface area contributed by atoms with Crippen molar-refractivity contribution in [2.24, 2.45) is 5.84 Å². The van der Waals surface area contributed by atoms with Gasteiger partial charge in [0.1, 0.15) is 0 Å². The monoisotopic (exact) mass is 290 g/mol. The molecule has 7 heteroatoms. The maximum atomic E-state index is 13.7. The first-order chi connectivity index (χ1) is 10.2. The van der Waals surface area contributed by atoms with E-state index in [1.165, 1.54) is 30.6 Å². The number of nitrogens with zero attached hydrogens (tertiary/aromatic N) is 1. The van der Waals surface area contributed by atoms with E-state index in [-0.39, 0.29) is 5.75 Å². The van der Waals surface area contributed by atoms with Crippen LogP contribution in [0, 0.1) is 5.82 Å². The zero-order valence-corrected chi connectivity index (χ0v) is 11.4. The fourth-order valence-corrected chi connectivity index (χ4v) is 1.76. The van der Waals surface area contributed by atoms with Gasteiger partial charge in [0, 0.05) is 18.0 Å². The third-order valence-electron chi connectivity index (χ3n) is 2.71. The Hall–Kier alpha value is -2.67. The first kappa shape index (κ1) is 14.7. The molecule has 6 nitrogen and oxygen atoms in total. The van der Waals surface area contributed by atoms with Gasteiger partial charge in [-0.1, -0.05) is 0 Å². The Morgan fingerprint density at radius 1 is 1.43 bits per heavy atom. The molecule has 2 aromatic rings. The van der Waals surface area contributed by atoms with E-state index < -0.39 is 11.7 Å². The molecule has 21 heavy (non-hydrogen) atoms. The molecule has 1 heterocycles. The summed E-state index contributed by atoms with van der Waals surface area (Å²) in [6.07, 6.45) is 2.89. The molecular weight excluding hydrogens is 275 g/mol. The van der Waals surface area contributed by atoms with E-state index in [1.807, 2.05) is 0 Å². The van der Waals surface area contributed by atoms with Crippen molar-refractivity contribution in [3.63, 3.8) is 0 Å². The molecule has 4 N–H and O–H groups in total. The normalized spacial score (nSPS) is 10.0. The molecule has 1 amide bonds. The molecule has 0 bridgehead atoms. The fraction of sp³-hybridized carbons (Fsp3) is 0.143. The average molecular weight is 290 g/mol. The Balaban J connectivity index is 2.18. The lowest BCUT2D eigenvalue weighted by molar-refractivity contribution is 0.102. The van der Waals surface area contributed by atoms with Crippen LogP contribution in [0.4, 0.5) is 15.8 Å². The van der Waals surface area contributed by atoms with Gasteiger partial charge in [-0.05, 0) is 25.1 Å². The van der Waals surface area contributed by atoms with Crippen molar-refractivity contribution in [2.75, 3.05) is 17.3 Å². The summed E-state index contributed by atoms with van der Waals surface area (Å²) in [5.74, 6) is 4.49. The molecule has 1 aromatic carbocycles. The Kier molecular flexibility index (Phi) is 4.68. The van der Waals surface area contributed by atoms with Crippen molar-refractivity contribution in [1.29, 1.82) is 0 Å². The third-order valence-corrected chi connectivity index (χ3v) is 2.71. The number of amides is 1. The van der Waals surface area contributed by atoms with Crippen molar-refractivity contribution in [2.45, 2.75) is 6.92 Å². The van der Waals surface area contributed by atoms with Gasteiger partial charge in [0.2, 0.25) is 0 Å². The largest absolute Gasteiger partial charge is 0.491 e. The Morgan fingerprint density at radius 3 is 2.90 bits per heavy atom. The number of nitrogens with one attached hydrogen (secondary N) is 2. The van der Waals surface area contributed by atoms with Crippen molar-refractivity contribution in [3.05, 3.63) is 48.0 Å². The molecule has 0 spiro atoms. The molecular formula is C14H15FN4O2. The van der Waals surface area contributed by atoms with Gasteiger partial charge < -0.3 is 15.5 Å². The van der Waals surface area contributed by atoms with Crippen LogP contribution < -0.4 is 21.3 Å². The smallest absolute Gasteiger partial charge is 0.257 e. The molecule has 0 atom stereocenters. The fourth-order valence-electron chi connectivity index (χ4n) is 1.76. The van der Waals surface area contributed by atoms with E-state index in [0.717, 1.165) is 0 Å². The maximum absolute atomic E-state index is 13.7. The molecule has 0 radical (unpaired) electrons. The van der Waals surface area contributed by atoms with Crippen molar-refractivity contribution < 1.29 is 13.9 Å². The van der Waals surface area contributed by atoms with Crippen LogP contribution in [0.2, 0.25) is 0 Å². The van der Waals surface area contributed by atoms with Gasteiger partial charge in [-0.2, -0.15) is 0 Å². The summed E-state index contributed by atoms with van der Waals surface area (Å²) in [6.45, 7) is 2.13. The number of benzene rings is 1. The molecule has 0 saturated heterocycles. The number of rotatable bonds is 5. The summed E-state index contributed by atoms with van der Waals surface area (Å²) in [7, 11) is 0. The highest BCUT2D eigenvalue weighted by molar-refractivity contribution is 6.07. The molecule has 0 saturated carbocycles. The molecule has 0 aliphatic carbocycles. The number of hydrazine groups is 1. The summed E-state index contributed by atoms with van der Waals surface area (Å²) < 4.78 is 18.8. The highest BCUT2D eigenvalue weighted by atomic mass is 19.1. The van der Waals surface area contributed by atoms with Crippen LogP contribution in [0.25, 0.3) is 0 Å². The standard InChI is InChI=1S/C14H15FN4O2/c1-2-21-13-4-3-9(7-11(13)15)18-14(20)10-5-6-17-8-12(10)19-16/h3-8,19H,2,16H2,1H3,(H,18,20). The summed E-state index contributed by atoms with van der Waals surface area (Å²) in [4.78, 5) is 16.0. The molecule has 0 aliphatic heterocycles. The van der Waals surface area contributed by atoms with Crippen LogP contribution >= 0.6 is 0 Å². The minimum Gasteiger partial charge on any atom is -0.491 e. The lowest BCUT2D eigenvalue weighted by Crippen LogP contribution is -2.17. The zero-order chi connectivity index (χ0) is 15.2. The third kappa shape index (κ3) is 3.46. The second kappa shape index (κ2) is 6.67. The van der Waals surface area contributed by atoms with E-state index in [4.69, 9.17) is 10.6 Å². The average Bonchev–Trinajstić information content (AvgIpc) is 2.50. The number of aromatic nitrogens is 1. The van der Waals surface area contributed by atoms with Crippen LogP contribution in [0.1, 0.15) is 17.3 Å². The molecule has 0 unspecified atom stereocenters. The number of halogens is 1. The molecule has 0 fully saturated rings. The van der Waals surface area contributed by atoms with Crippen molar-refractivity contribution in [3.8, 4) is 5.75 Å². The first-order valence-electron chi connectivity index (χ1n) is 6.30. The van der Waals surface area contributed by atoms with Crippen LogP contribution in [0.3, 0.4) is 0 Å². The van der Waals surface area contributed by atoms with Gasteiger partial charge in [0.25, 0.3) is 5.91 Å². The van der Waals surface area contributed by atoms with Crippen LogP contribution in [0.15, 0.2) is 36.7 Å². The van der Waals surface area contributed by atoms with Crippen LogP contribution in [-0.4, -0.2) is 17.5 Å². The van der Waals surface area contributed by atoms with Gasteiger partial charge in [-0.3, -0.25) is 15.6 Å². The number of carbonyl (C=O) groups excluding carboxylic acids is 1. The SMILES string of the molecule is CCOc1ccc(NC(=O)c2ccncc2NN)cc1F. The highest BCUT2D eigenvalue weighted by Crippen LogP contribution is 2.22. The number of pyridine rings is 1. The number of ether oxygens (including phenoxy) is 1. The Bertz CT molecular complexity index is 649. The minimum atomic E-state index is -0.540. The number of carbonyl (C=O) groups is 1. The number of nitrogen functional groups attached to an aromatic ring is 1. The topological polar surface area (TPSA) is 89.3 Å². The summed E-state index contributed by atoms with van der Waals surface area (Å²) >= 11 is 0. The van der Waals surface area contributed by atoms with Gasteiger partial charge in [-0.15, -0.1) is 0 Å². The van der Waals surface area contributed by atoms with E-state index in [1.54, 1.807) is 13.0 Å². The summed E-state index contributed by atoms with van der Waals surface area (Å²) in [5.41, 5.74) is 3.39. The molecule has 1 aromatic heterocycles. The zero-order valence-electron chi connectivity index (χ0n) is 11.4. The molecule has 2 rings (SSSR count). The summed E-state index contributed by atoms with van der Waals surface area (Å²) in [5, 5.41) is 2.59. The van der Waals surface area contributed by atoms with Gasteiger partial charge in [0.05, 0.1) is 24.1 Å². The predicted octanol–water partition coefficient (Wildman–Crippen LogP) is 2.16. The van der Waals surface area contributed by atoms with E-state index in [9.17, 15) is 9.18 Å².